The molecule has 0 aromatic heterocycles. The molecular formula is C26H30N2O6. The molecule has 34 heavy (non-hydrogen) atoms. The third kappa shape index (κ3) is 4.33. The third-order valence-corrected chi connectivity index (χ3v) is 6.32. The lowest BCUT2D eigenvalue weighted by molar-refractivity contribution is -0.133. The maximum absolute atomic E-state index is 13.5. The first kappa shape index (κ1) is 23.6. The Balaban J connectivity index is 1.46. The van der Waals surface area contributed by atoms with Gasteiger partial charge in [0.1, 0.15) is 24.0 Å². The van der Waals surface area contributed by atoms with Gasteiger partial charge in [-0.2, -0.15) is 0 Å². The van der Waals surface area contributed by atoms with E-state index in [1.807, 2.05) is 43.3 Å². The summed E-state index contributed by atoms with van der Waals surface area (Å²) >= 11 is 0. The van der Waals surface area contributed by atoms with Gasteiger partial charge in [0, 0.05) is 0 Å². The summed E-state index contributed by atoms with van der Waals surface area (Å²) < 4.78 is 16.4. The Bertz CT molecular complexity index is 1110. The van der Waals surface area contributed by atoms with Gasteiger partial charge in [0.15, 0.2) is 11.5 Å². The highest BCUT2D eigenvalue weighted by Gasteiger charge is 2.54. The molecule has 180 valence electrons. The summed E-state index contributed by atoms with van der Waals surface area (Å²) in [6.07, 6.45) is 4.87. The van der Waals surface area contributed by atoms with Gasteiger partial charge in [-0.05, 0) is 67.1 Å². The van der Waals surface area contributed by atoms with Crippen LogP contribution in [-0.2, 0) is 16.8 Å². The predicted molar refractivity (Wildman–Crippen MR) is 127 cm³/mol. The fourth-order valence-electron chi connectivity index (χ4n) is 4.69. The van der Waals surface area contributed by atoms with Crippen molar-refractivity contribution in [2.45, 2.75) is 37.8 Å². The van der Waals surface area contributed by atoms with Crippen LogP contribution in [0.25, 0.3) is 6.08 Å². The molecule has 1 saturated heterocycles. The average molecular weight is 467 g/mol. The first-order chi connectivity index (χ1) is 16.4. The van der Waals surface area contributed by atoms with Crippen LogP contribution in [0.1, 0.15) is 36.5 Å². The number of allylic oxidation sites excluding steroid dienone is 1. The van der Waals surface area contributed by atoms with Crippen LogP contribution in [-0.4, -0.2) is 55.4 Å². The standard InChI is InChI=1S/C26H30N2O6/c1-4-6-17-8-11-22(23(13-17)33-3)34-16-19(29)15-28-24(30)26(27-25(28)31)12-5-7-18-14-20(32-2)9-10-21(18)26/h4,6,8-11,13-14,19,29H,5,7,12,15-16H2,1-3H3,(H,27,31). The smallest absolute Gasteiger partial charge is 0.325 e. The van der Waals surface area contributed by atoms with Crippen molar-refractivity contribution in [1.82, 2.24) is 10.2 Å². The molecule has 3 amide bonds. The molecule has 2 aromatic carbocycles. The van der Waals surface area contributed by atoms with Crippen LogP contribution in [0.2, 0.25) is 0 Å². The molecule has 1 fully saturated rings. The number of ether oxygens (including phenoxy) is 3. The van der Waals surface area contributed by atoms with E-state index in [9.17, 15) is 14.7 Å². The number of β-amino-alcohol motifs (C(OH)–C–C–N with tert-alkyl or cyclic N) is 1. The first-order valence-electron chi connectivity index (χ1n) is 11.3. The monoisotopic (exact) mass is 466 g/mol. The summed E-state index contributed by atoms with van der Waals surface area (Å²) in [5, 5.41) is 13.5. The molecule has 2 unspecified atom stereocenters. The highest BCUT2D eigenvalue weighted by molar-refractivity contribution is 6.07. The lowest BCUT2D eigenvalue weighted by atomic mass is 9.76. The molecule has 0 radical (unpaired) electrons. The Kier molecular flexibility index (Phi) is 6.79. The number of carbonyl (C=O) groups is 2. The molecule has 2 aromatic rings. The Labute approximate surface area is 199 Å². The van der Waals surface area contributed by atoms with Crippen molar-refractivity contribution in [3.8, 4) is 17.2 Å². The van der Waals surface area contributed by atoms with E-state index in [0.29, 0.717) is 23.7 Å². The minimum Gasteiger partial charge on any atom is -0.497 e. The minimum atomic E-state index is -1.11. The Morgan fingerprint density at radius 3 is 2.71 bits per heavy atom. The number of imide groups is 1. The number of aliphatic hydroxyl groups excluding tert-OH is 1. The minimum absolute atomic E-state index is 0.100. The summed E-state index contributed by atoms with van der Waals surface area (Å²) in [6, 6.07) is 10.5. The van der Waals surface area contributed by atoms with Crippen molar-refractivity contribution < 1.29 is 28.9 Å². The zero-order valence-corrected chi connectivity index (χ0v) is 19.7. The molecule has 1 heterocycles. The molecule has 2 N–H and O–H groups in total. The maximum Gasteiger partial charge on any atom is 0.325 e. The molecule has 8 nitrogen and oxygen atoms in total. The molecule has 4 rings (SSSR count). The van der Waals surface area contributed by atoms with Gasteiger partial charge in [0.25, 0.3) is 5.91 Å². The van der Waals surface area contributed by atoms with Crippen molar-refractivity contribution in [1.29, 1.82) is 0 Å². The fourth-order valence-corrected chi connectivity index (χ4v) is 4.69. The van der Waals surface area contributed by atoms with Gasteiger partial charge in [-0.25, -0.2) is 4.79 Å². The molecule has 0 bridgehead atoms. The van der Waals surface area contributed by atoms with Crippen molar-refractivity contribution in [2.75, 3.05) is 27.4 Å². The molecule has 1 aliphatic carbocycles. The Morgan fingerprint density at radius 2 is 1.97 bits per heavy atom. The summed E-state index contributed by atoms with van der Waals surface area (Å²) in [4.78, 5) is 27.3. The van der Waals surface area contributed by atoms with Gasteiger partial charge in [-0.1, -0.05) is 24.3 Å². The van der Waals surface area contributed by atoms with E-state index in [1.54, 1.807) is 26.4 Å². The van der Waals surface area contributed by atoms with E-state index in [2.05, 4.69) is 5.32 Å². The van der Waals surface area contributed by atoms with Crippen molar-refractivity contribution in [3.63, 3.8) is 0 Å². The molecule has 8 heteroatoms. The second kappa shape index (κ2) is 9.77. The van der Waals surface area contributed by atoms with Gasteiger partial charge in [0.2, 0.25) is 0 Å². The van der Waals surface area contributed by atoms with Gasteiger partial charge in [-0.15, -0.1) is 0 Å². The highest BCUT2D eigenvalue weighted by Crippen LogP contribution is 2.41. The number of nitrogens with one attached hydrogen (secondary N) is 1. The van der Waals surface area contributed by atoms with Gasteiger partial charge in [0.05, 0.1) is 20.8 Å². The molecule has 1 aliphatic heterocycles. The number of benzene rings is 2. The second-order valence-electron chi connectivity index (χ2n) is 8.50. The SMILES string of the molecule is CC=Cc1ccc(OCC(O)CN2C(=O)NC3(CCCc4cc(OC)ccc43)C2=O)c(OC)c1. The number of aryl methyl sites for hydroxylation is 1. The molecule has 2 aliphatic rings. The van der Waals surface area contributed by atoms with Crippen LogP contribution >= 0.6 is 0 Å². The van der Waals surface area contributed by atoms with Gasteiger partial charge >= 0.3 is 6.03 Å². The van der Waals surface area contributed by atoms with Crippen LogP contribution in [0.15, 0.2) is 42.5 Å². The number of nitrogens with zero attached hydrogens (tertiary/aromatic N) is 1. The number of hydrogen-bond acceptors (Lipinski definition) is 6. The number of hydrogen-bond donors (Lipinski definition) is 2. The van der Waals surface area contributed by atoms with E-state index in [-0.39, 0.29) is 19.1 Å². The predicted octanol–water partition coefficient (Wildman–Crippen LogP) is 3.26. The number of rotatable bonds is 8. The summed E-state index contributed by atoms with van der Waals surface area (Å²) in [5.41, 5.74) is 1.63. The lowest BCUT2D eigenvalue weighted by Crippen LogP contribution is -2.47. The summed E-state index contributed by atoms with van der Waals surface area (Å²) in [5.74, 6) is 1.37. The topological polar surface area (TPSA) is 97.3 Å². The van der Waals surface area contributed by atoms with E-state index in [1.165, 1.54) is 0 Å². The normalized spacial score (nSPS) is 20.4. The Hall–Kier alpha value is -3.52. The van der Waals surface area contributed by atoms with Gasteiger partial charge < -0.3 is 24.6 Å². The molecular weight excluding hydrogens is 436 g/mol. The maximum atomic E-state index is 13.5. The number of methoxy groups -OCH3 is 2. The van der Waals surface area contributed by atoms with Gasteiger partial charge in [-0.3, -0.25) is 9.69 Å². The summed E-state index contributed by atoms with van der Waals surface area (Å²) in [7, 11) is 3.14. The molecule has 0 saturated carbocycles. The number of fused-ring (bicyclic) bond motifs is 2. The molecule has 1 spiro atoms. The molecule has 2 atom stereocenters. The van der Waals surface area contributed by atoms with Crippen LogP contribution in [0.4, 0.5) is 4.79 Å². The lowest BCUT2D eigenvalue weighted by Gasteiger charge is -2.33. The van der Waals surface area contributed by atoms with Crippen LogP contribution in [0.5, 0.6) is 17.2 Å². The fraction of sp³-hybridized carbons (Fsp3) is 0.385. The van der Waals surface area contributed by atoms with E-state index < -0.39 is 17.7 Å². The zero-order valence-electron chi connectivity index (χ0n) is 19.7. The largest absolute Gasteiger partial charge is 0.497 e. The van der Waals surface area contributed by atoms with E-state index >= 15 is 0 Å². The zero-order chi connectivity index (χ0) is 24.3. The van der Waals surface area contributed by atoms with Crippen LogP contribution < -0.4 is 19.5 Å². The number of aliphatic hydroxyl groups is 1. The van der Waals surface area contributed by atoms with Crippen LogP contribution in [0, 0.1) is 0 Å². The number of amides is 3. The first-order valence-corrected chi connectivity index (χ1v) is 11.3. The Morgan fingerprint density at radius 1 is 1.15 bits per heavy atom. The van der Waals surface area contributed by atoms with Crippen molar-refractivity contribution >= 4 is 18.0 Å². The number of urea groups is 1. The number of carbonyl (C=O) groups excluding carboxylic acids is 2. The quantitative estimate of drug-likeness (QED) is 0.580. The van der Waals surface area contributed by atoms with E-state index in [4.69, 9.17) is 14.2 Å². The third-order valence-electron chi connectivity index (χ3n) is 6.32. The van der Waals surface area contributed by atoms with E-state index in [0.717, 1.165) is 34.4 Å². The van der Waals surface area contributed by atoms with Crippen LogP contribution in [0.3, 0.4) is 0 Å². The second-order valence-corrected chi connectivity index (χ2v) is 8.50. The van der Waals surface area contributed by atoms with Crippen molar-refractivity contribution in [3.05, 3.63) is 59.2 Å². The van der Waals surface area contributed by atoms with Crippen molar-refractivity contribution in [2.24, 2.45) is 0 Å². The average Bonchev–Trinajstić information content (AvgIpc) is 3.07. The highest BCUT2D eigenvalue weighted by atomic mass is 16.5. The summed E-state index contributed by atoms with van der Waals surface area (Å²) in [6.45, 7) is 1.66.